The molecular formula is C22H33IO2. The summed E-state index contributed by atoms with van der Waals surface area (Å²) >= 11 is 2.47. The number of alkyl halides is 1. The van der Waals surface area contributed by atoms with Crippen LogP contribution in [0.25, 0.3) is 0 Å². The van der Waals surface area contributed by atoms with Crippen LogP contribution in [0.15, 0.2) is 49.1 Å². The Balaban J connectivity index is 2.77. The number of allylic oxidation sites excluding steroid dienone is 3. The molecule has 4 unspecified atom stereocenters. The van der Waals surface area contributed by atoms with Gasteiger partial charge in [-0.3, -0.25) is 0 Å². The lowest BCUT2D eigenvalue weighted by Gasteiger charge is -2.34. The van der Waals surface area contributed by atoms with Crippen molar-refractivity contribution in [3.8, 4) is 5.75 Å². The van der Waals surface area contributed by atoms with E-state index in [9.17, 15) is 0 Å². The summed E-state index contributed by atoms with van der Waals surface area (Å²) in [6.45, 7) is 13.6. The summed E-state index contributed by atoms with van der Waals surface area (Å²) in [5.41, 5.74) is 1.19. The van der Waals surface area contributed by atoms with Crippen LogP contribution in [0.2, 0.25) is 0 Å². The molecule has 0 N–H and O–H groups in total. The molecular weight excluding hydrogens is 423 g/mol. The fourth-order valence-corrected chi connectivity index (χ4v) is 3.54. The first kappa shape index (κ1) is 22.2. The van der Waals surface area contributed by atoms with Crippen molar-refractivity contribution in [3.63, 3.8) is 0 Å². The lowest BCUT2D eigenvalue weighted by atomic mass is 9.78. The van der Waals surface area contributed by atoms with Crippen LogP contribution in [-0.4, -0.2) is 17.6 Å². The first-order chi connectivity index (χ1) is 11.9. The van der Waals surface area contributed by atoms with Gasteiger partial charge in [0.05, 0.1) is 19.8 Å². The molecule has 0 spiro atoms. The molecule has 0 aromatic heterocycles. The Kier molecular flexibility index (Phi) is 10.4. The van der Waals surface area contributed by atoms with E-state index in [0.29, 0.717) is 30.3 Å². The standard InChI is InChI=1S/C22H33IO2/c1-7-8-9-16(2)18(4)19(5)22(17(3)14-23)25-15-20-10-12-21(24-6)13-11-20/h7-13,16-19,22H,1,14-15H2,2-6H3/b9-8-/t16-,17?,18?,19?,22?/m0/s1. The van der Waals surface area contributed by atoms with Gasteiger partial charge in [-0.15, -0.1) is 0 Å². The molecule has 0 bridgehead atoms. The van der Waals surface area contributed by atoms with Gasteiger partial charge in [-0.05, 0) is 41.4 Å². The Bertz CT molecular complexity index is 523. The highest BCUT2D eigenvalue weighted by molar-refractivity contribution is 14.1. The van der Waals surface area contributed by atoms with E-state index in [4.69, 9.17) is 9.47 Å². The Morgan fingerprint density at radius 2 is 1.72 bits per heavy atom. The average Bonchev–Trinajstić information content (AvgIpc) is 2.65. The van der Waals surface area contributed by atoms with Gasteiger partial charge in [-0.25, -0.2) is 0 Å². The lowest BCUT2D eigenvalue weighted by Crippen LogP contribution is -2.35. The van der Waals surface area contributed by atoms with Crippen LogP contribution in [0.5, 0.6) is 5.75 Å². The predicted molar refractivity (Wildman–Crippen MR) is 116 cm³/mol. The predicted octanol–water partition coefficient (Wildman–Crippen LogP) is 6.30. The highest BCUT2D eigenvalue weighted by atomic mass is 127. The quantitative estimate of drug-likeness (QED) is 0.221. The molecule has 0 aliphatic carbocycles. The number of ether oxygens (including phenoxy) is 2. The van der Waals surface area contributed by atoms with Crippen molar-refractivity contribution in [2.75, 3.05) is 11.5 Å². The zero-order valence-electron chi connectivity index (χ0n) is 16.2. The van der Waals surface area contributed by atoms with Crippen molar-refractivity contribution in [1.29, 1.82) is 0 Å². The van der Waals surface area contributed by atoms with E-state index in [1.165, 1.54) is 5.56 Å². The molecule has 0 heterocycles. The molecule has 0 radical (unpaired) electrons. The minimum atomic E-state index is 0.244. The second kappa shape index (κ2) is 11.7. The largest absolute Gasteiger partial charge is 0.497 e. The van der Waals surface area contributed by atoms with Crippen LogP contribution in [0.3, 0.4) is 0 Å². The summed E-state index contributed by atoms with van der Waals surface area (Å²) < 4.78 is 12.7. The summed E-state index contributed by atoms with van der Waals surface area (Å²) in [4.78, 5) is 0. The SMILES string of the molecule is C=C/C=C\[C@H](C)C(C)C(C)C(OCc1ccc(OC)cc1)C(C)CI. The number of halogens is 1. The number of benzene rings is 1. The second-order valence-electron chi connectivity index (χ2n) is 6.95. The van der Waals surface area contributed by atoms with Crippen molar-refractivity contribution < 1.29 is 9.47 Å². The maximum atomic E-state index is 6.40. The van der Waals surface area contributed by atoms with Crippen LogP contribution in [0.4, 0.5) is 0 Å². The maximum Gasteiger partial charge on any atom is 0.118 e. The van der Waals surface area contributed by atoms with E-state index in [1.807, 2.05) is 24.3 Å². The molecule has 0 aliphatic heterocycles. The number of hydrogen-bond donors (Lipinski definition) is 0. The summed E-state index contributed by atoms with van der Waals surface area (Å²) in [5.74, 6) is 2.93. The molecule has 5 atom stereocenters. The van der Waals surface area contributed by atoms with E-state index < -0.39 is 0 Å². The van der Waals surface area contributed by atoms with Crippen LogP contribution in [0.1, 0.15) is 33.3 Å². The molecule has 25 heavy (non-hydrogen) atoms. The van der Waals surface area contributed by atoms with Crippen LogP contribution < -0.4 is 4.74 Å². The molecule has 2 nitrogen and oxygen atoms in total. The monoisotopic (exact) mass is 456 g/mol. The molecule has 0 saturated carbocycles. The summed E-state index contributed by atoms with van der Waals surface area (Å²) in [5, 5.41) is 0. The van der Waals surface area contributed by atoms with Crippen molar-refractivity contribution in [2.45, 2.75) is 40.4 Å². The van der Waals surface area contributed by atoms with Crippen molar-refractivity contribution in [3.05, 3.63) is 54.6 Å². The normalized spacial score (nSPS) is 17.7. The minimum absolute atomic E-state index is 0.244. The van der Waals surface area contributed by atoms with Gasteiger partial charge < -0.3 is 9.47 Å². The third kappa shape index (κ3) is 7.14. The number of rotatable bonds is 11. The Labute approximate surface area is 167 Å². The van der Waals surface area contributed by atoms with Gasteiger partial charge in [0.1, 0.15) is 5.75 Å². The fraction of sp³-hybridized carbons (Fsp3) is 0.545. The summed E-state index contributed by atoms with van der Waals surface area (Å²) in [6, 6.07) is 8.13. The Hall–Kier alpha value is -0.810. The number of methoxy groups -OCH3 is 1. The fourth-order valence-electron chi connectivity index (χ4n) is 3.04. The molecule has 140 valence electrons. The van der Waals surface area contributed by atoms with Crippen LogP contribution in [0, 0.1) is 23.7 Å². The molecule has 1 aromatic carbocycles. The van der Waals surface area contributed by atoms with Gasteiger partial charge in [0.25, 0.3) is 0 Å². The Morgan fingerprint density at radius 3 is 2.24 bits per heavy atom. The Morgan fingerprint density at radius 1 is 1.08 bits per heavy atom. The lowest BCUT2D eigenvalue weighted by molar-refractivity contribution is -0.0398. The van der Waals surface area contributed by atoms with Gasteiger partial charge in [-0.1, -0.05) is 87.2 Å². The average molecular weight is 456 g/mol. The van der Waals surface area contributed by atoms with Gasteiger partial charge in [-0.2, -0.15) is 0 Å². The van der Waals surface area contributed by atoms with E-state index in [2.05, 4.69) is 75.1 Å². The maximum absolute atomic E-state index is 6.40. The molecule has 0 saturated heterocycles. The molecule has 0 aliphatic rings. The zero-order valence-corrected chi connectivity index (χ0v) is 18.4. The van der Waals surface area contributed by atoms with E-state index in [1.54, 1.807) is 7.11 Å². The second-order valence-corrected chi connectivity index (χ2v) is 7.83. The van der Waals surface area contributed by atoms with Crippen LogP contribution in [-0.2, 0) is 11.3 Å². The minimum Gasteiger partial charge on any atom is -0.497 e. The van der Waals surface area contributed by atoms with Crippen molar-refractivity contribution in [1.82, 2.24) is 0 Å². The third-order valence-corrected chi connectivity index (χ3v) is 6.52. The third-order valence-electron chi connectivity index (χ3n) is 5.13. The van der Waals surface area contributed by atoms with Gasteiger partial charge in [0.15, 0.2) is 0 Å². The van der Waals surface area contributed by atoms with E-state index >= 15 is 0 Å². The van der Waals surface area contributed by atoms with Crippen LogP contribution >= 0.6 is 22.6 Å². The zero-order chi connectivity index (χ0) is 18.8. The summed E-state index contributed by atoms with van der Waals surface area (Å²) in [7, 11) is 1.69. The highest BCUT2D eigenvalue weighted by Crippen LogP contribution is 2.31. The number of hydrogen-bond acceptors (Lipinski definition) is 2. The van der Waals surface area contributed by atoms with E-state index in [0.717, 1.165) is 10.2 Å². The summed E-state index contributed by atoms with van der Waals surface area (Å²) in [6.07, 6.45) is 6.37. The van der Waals surface area contributed by atoms with Gasteiger partial charge in [0, 0.05) is 4.43 Å². The first-order valence-corrected chi connectivity index (χ1v) is 10.6. The molecule has 3 heteroatoms. The highest BCUT2D eigenvalue weighted by Gasteiger charge is 2.29. The van der Waals surface area contributed by atoms with Gasteiger partial charge >= 0.3 is 0 Å². The smallest absolute Gasteiger partial charge is 0.118 e. The van der Waals surface area contributed by atoms with E-state index in [-0.39, 0.29) is 6.10 Å². The first-order valence-electron chi connectivity index (χ1n) is 9.04. The topological polar surface area (TPSA) is 18.5 Å². The molecule has 1 aromatic rings. The van der Waals surface area contributed by atoms with Crippen molar-refractivity contribution >= 4 is 22.6 Å². The van der Waals surface area contributed by atoms with Gasteiger partial charge in [0.2, 0.25) is 0 Å². The van der Waals surface area contributed by atoms with Crippen molar-refractivity contribution in [2.24, 2.45) is 23.7 Å². The molecule has 1 rings (SSSR count). The molecule has 0 fully saturated rings. The molecule has 0 amide bonds.